The number of hydrogen-bond donors (Lipinski definition) is 0. The van der Waals surface area contributed by atoms with Crippen LogP contribution in [0.1, 0.15) is 23.6 Å². The van der Waals surface area contributed by atoms with Gasteiger partial charge in [0.05, 0.1) is 11.9 Å². The second-order valence-corrected chi connectivity index (χ2v) is 7.07. The van der Waals surface area contributed by atoms with E-state index in [-0.39, 0.29) is 0 Å². The molecule has 5 heteroatoms. The van der Waals surface area contributed by atoms with Gasteiger partial charge in [-0.1, -0.05) is 47.5 Å². The molecular formula is C20H20ClN3S. The topological polar surface area (TPSA) is 29.6 Å². The fourth-order valence-corrected chi connectivity index (χ4v) is 3.52. The van der Waals surface area contributed by atoms with E-state index < -0.39 is 0 Å². The summed E-state index contributed by atoms with van der Waals surface area (Å²) in [5, 5.41) is 7.54. The summed E-state index contributed by atoms with van der Waals surface area (Å²) in [6, 6.07) is 14.2. The number of benzene rings is 2. The predicted molar refractivity (Wildman–Crippen MR) is 108 cm³/mol. The van der Waals surface area contributed by atoms with Crippen molar-refractivity contribution in [3.8, 4) is 11.3 Å². The van der Waals surface area contributed by atoms with Crippen molar-refractivity contribution in [3.63, 3.8) is 0 Å². The Morgan fingerprint density at radius 2 is 1.88 bits per heavy atom. The van der Waals surface area contributed by atoms with Gasteiger partial charge < -0.3 is 0 Å². The molecule has 0 fully saturated rings. The number of thiazole rings is 1. The SMILES string of the molecule is CCN=c1scc(-c2ccc(Cl)cc2)n1N=Cc1cc(C)ccc1C. The number of nitrogens with zero attached hydrogens (tertiary/aromatic N) is 3. The van der Waals surface area contributed by atoms with Crippen molar-refractivity contribution in [3.05, 3.63) is 74.4 Å². The van der Waals surface area contributed by atoms with E-state index in [9.17, 15) is 0 Å². The molecule has 0 unspecified atom stereocenters. The number of aromatic nitrogens is 1. The molecule has 0 aliphatic rings. The van der Waals surface area contributed by atoms with Crippen LogP contribution >= 0.6 is 22.9 Å². The van der Waals surface area contributed by atoms with Crippen LogP contribution in [0.4, 0.5) is 0 Å². The first kappa shape index (κ1) is 17.6. The lowest BCUT2D eigenvalue weighted by Gasteiger charge is -2.05. The summed E-state index contributed by atoms with van der Waals surface area (Å²) in [6.45, 7) is 6.93. The summed E-state index contributed by atoms with van der Waals surface area (Å²) in [7, 11) is 0. The van der Waals surface area contributed by atoms with E-state index in [1.165, 1.54) is 11.1 Å². The van der Waals surface area contributed by atoms with E-state index >= 15 is 0 Å². The lowest BCUT2D eigenvalue weighted by Crippen LogP contribution is -2.12. The summed E-state index contributed by atoms with van der Waals surface area (Å²) in [5.74, 6) is 0. The molecular weight excluding hydrogens is 350 g/mol. The van der Waals surface area contributed by atoms with Gasteiger partial charge in [-0.3, -0.25) is 4.99 Å². The number of aryl methyl sites for hydroxylation is 2. The Hall–Kier alpha value is -2.17. The Morgan fingerprint density at radius 3 is 2.60 bits per heavy atom. The molecule has 3 nitrogen and oxygen atoms in total. The highest BCUT2D eigenvalue weighted by Gasteiger charge is 2.07. The van der Waals surface area contributed by atoms with Gasteiger partial charge in [-0.2, -0.15) is 5.10 Å². The van der Waals surface area contributed by atoms with Crippen LogP contribution in [0.3, 0.4) is 0 Å². The summed E-state index contributed by atoms with van der Waals surface area (Å²) < 4.78 is 1.90. The first-order valence-corrected chi connectivity index (χ1v) is 9.43. The maximum absolute atomic E-state index is 6.01. The van der Waals surface area contributed by atoms with Gasteiger partial charge >= 0.3 is 0 Å². The molecule has 0 radical (unpaired) electrons. The Labute approximate surface area is 157 Å². The van der Waals surface area contributed by atoms with E-state index in [1.807, 2.05) is 42.1 Å². The first-order valence-electron chi connectivity index (χ1n) is 8.17. The minimum absolute atomic E-state index is 0.722. The smallest absolute Gasteiger partial charge is 0.206 e. The fraction of sp³-hybridized carbons (Fsp3) is 0.200. The molecule has 0 aliphatic carbocycles. The highest BCUT2D eigenvalue weighted by molar-refractivity contribution is 7.07. The zero-order valence-corrected chi connectivity index (χ0v) is 16.1. The van der Waals surface area contributed by atoms with Crippen molar-refractivity contribution >= 4 is 29.2 Å². The van der Waals surface area contributed by atoms with Crippen LogP contribution in [0.15, 0.2) is 57.9 Å². The molecule has 2 aromatic carbocycles. The van der Waals surface area contributed by atoms with Crippen LogP contribution in [0.5, 0.6) is 0 Å². The van der Waals surface area contributed by atoms with Crippen LogP contribution in [-0.4, -0.2) is 17.4 Å². The maximum Gasteiger partial charge on any atom is 0.206 e. The van der Waals surface area contributed by atoms with Crippen molar-refractivity contribution in [2.45, 2.75) is 20.8 Å². The molecule has 0 saturated carbocycles. The molecule has 128 valence electrons. The van der Waals surface area contributed by atoms with Crippen LogP contribution in [0.2, 0.25) is 5.02 Å². The molecule has 3 rings (SSSR count). The number of halogens is 1. The van der Waals surface area contributed by atoms with Crippen molar-refractivity contribution in [1.29, 1.82) is 0 Å². The molecule has 0 spiro atoms. The molecule has 0 aliphatic heterocycles. The second-order valence-electron chi connectivity index (χ2n) is 5.80. The van der Waals surface area contributed by atoms with Crippen LogP contribution in [0.25, 0.3) is 11.3 Å². The highest BCUT2D eigenvalue weighted by Crippen LogP contribution is 2.22. The third-order valence-electron chi connectivity index (χ3n) is 3.87. The summed E-state index contributed by atoms with van der Waals surface area (Å²) in [5.41, 5.74) is 5.61. The molecule has 0 saturated heterocycles. The molecule has 0 atom stereocenters. The van der Waals surface area contributed by atoms with Gasteiger partial charge in [0, 0.05) is 22.5 Å². The lowest BCUT2D eigenvalue weighted by molar-refractivity contribution is 0.833. The van der Waals surface area contributed by atoms with Gasteiger partial charge in [-0.05, 0) is 44.0 Å². The van der Waals surface area contributed by atoms with E-state index in [1.54, 1.807) is 11.3 Å². The molecule has 0 bridgehead atoms. The predicted octanol–water partition coefficient (Wildman–Crippen LogP) is 5.29. The van der Waals surface area contributed by atoms with Gasteiger partial charge in [0.15, 0.2) is 0 Å². The van der Waals surface area contributed by atoms with E-state index in [0.717, 1.165) is 33.2 Å². The van der Waals surface area contributed by atoms with Crippen molar-refractivity contribution in [2.24, 2.45) is 10.1 Å². The maximum atomic E-state index is 6.01. The minimum Gasteiger partial charge on any atom is -0.258 e. The zero-order chi connectivity index (χ0) is 17.8. The third kappa shape index (κ3) is 4.09. The zero-order valence-electron chi connectivity index (χ0n) is 14.5. The average Bonchev–Trinajstić information content (AvgIpc) is 2.99. The van der Waals surface area contributed by atoms with Crippen molar-refractivity contribution < 1.29 is 0 Å². The van der Waals surface area contributed by atoms with E-state index in [0.29, 0.717) is 0 Å². The Kier molecular flexibility index (Phi) is 5.51. The molecule has 1 heterocycles. The van der Waals surface area contributed by atoms with Gasteiger partial charge in [0.1, 0.15) is 0 Å². The standard InChI is InChI=1S/C20H20ClN3S/c1-4-22-20-24(23-12-17-11-14(2)5-6-15(17)3)19(13-25-20)16-7-9-18(21)10-8-16/h5-13H,4H2,1-3H3. The van der Waals surface area contributed by atoms with Crippen molar-refractivity contribution in [1.82, 2.24) is 4.68 Å². The van der Waals surface area contributed by atoms with Gasteiger partial charge in [-0.25, -0.2) is 4.68 Å². The number of rotatable bonds is 4. The summed E-state index contributed by atoms with van der Waals surface area (Å²) in [4.78, 5) is 5.45. The quantitative estimate of drug-likeness (QED) is 0.559. The Bertz CT molecular complexity index is 965. The van der Waals surface area contributed by atoms with Crippen LogP contribution < -0.4 is 4.80 Å². The van der Waals surface area contributed by atoms with Crippen molar-refractivity contribution in [2.75, 3.05) is 6.54 Å². The molecule has 0 N–H and O–H groups in total. The molecule has 3 aromatic rings. The van der Waals surface area contributed by atoms with E-state index in [2.05, 4.69) is 42.4 Å². The monoisotopic (exact) mass is 369 g/mol. The molecule has 25 heavy (non-hydrogen) atoms. The Balaban J connectivity index is 2.09. The largest absolute Gasteiger partial charge is 0.258 e. The minimum atomic E-state index is 0.722. The van der Waals surface area contributed by atoms with Gasteiger partial charge in [0.25, 0.3) is 0 Å². The highest BCUT2D eigenvalue weighted by atomic mass is 35.5. The normalized spacial score (nSPS) is 12.2. The van der Waals surface area contributed by atoms with Crippen LogP contribution in [0, 0.1) is 13.8 Å². The first-order chi connectivity index (χ1) is 12.1. The van der Waals surface area contributed by atoms with Gasteiger partial charge in [-0.15, -0.1) is 11.3 Å². The summed E-state index contributed by atoms with van der Waals surface area (Å²) >= 11 is 7.61. The lowest BCUT2D eigenvalue weighted by atomic mass is 10.1. The molecule has 1 aromatic heterocycles. The number of hydrogen-bond acceptors (Lipinski definition) is 3. The van der Waals surface area contributed by atoms with E-state index in [4.69, 9.17) is 16.7 Å². The third-order valence-corrected chi connectivity index (χ3v) is 4.97. The van der Waals surface area contributed by atoms with Gasteiger partial charge in [0.2, 0.25) is 4.80 Å². The summed E-state index contributed by atoms with van der Waals surface area (Å²) in [6.07, 6.45) is 1.91. The molecule has 0 amide bonds. The second kappa shape index (κ2) is 7.81. The Morgan fingerprint density at radius 1 is 1.12 bits per heavy atom. The fourth-order valence-electron chi connectivity index (χ4n) is 2.49. The van der Waals surface area contributed by atoms with Crippen LogP contribution in [-0.2, 0) is 0 Å². The average molecular weight is 370 g/mol.